The van der Waals surface area contributed by atoms with Gasteiger partial charge in [0.1, 0.15) is 5.82 Å². The van der Waals surface area contributed by atoms with Crippen LogP contribution in [0.25, 0.3) is 0 Å². The number of nitrogen functional groups attached to an aromatic ring is 1. The molecule has 88 valence electrons. The quantitative estimate of drug-likeness (QED) is 0.848. The molecule has 16 heavy (non-hydrogen) atoms. The van der Waals surface area contributed by atoms with Gasteiger partial charge in [0.05, 0.1) is 0 Å². The van der Waals surface area contributed by atoms with E-state index in [2.05, 4.69) is 22.9 Å². The smallest absolute Gasteiger partial charge is 0.123 e. The molecule has 0 aliphatic carbocycles. The Morgan fingerprint density at radius 2 is 2.38 bits per heavy atom. The first-order valence-corrected chi connectivity index (χ1v) is 6.20. The highest BCUT2D eigenvalue weighted by Crippen LogP contribution is 2.20. The van der Waals surface area contributed by atoms with Gasteiger partial charge in [-0.05, 0) is 36.9 Å². The molecule has 2 N–H and O–H groups in total. The SMILES string of the molecule is CCC1CCCN(Cc2ccc(N)nc2)C1. The van der Waals surface area contributed by atoms with Crippen LogP contribution in [0.15, 0.2) is 18.3 Å². The van der Waals surface area contributed by atoms with Gasteiger partial charge in [0.2, 0.25) is 0 Å². The fourth-order valence-electron chi connectivity index (χ4n) is 2.42. The fourth-order valence-corrected chi connectivity index (χ4v) is 2.42. The van der Waals surface area contributed by atoms with E-state index in [-0.39, 0.29) is 0 Å². The number of aromatic nitrogens is 1. The van der Waals surface area contributed by atoms with Crippen molar-refractivity contribution >= 4 is 5.82 Å². The van der Waals surface area contributed by atoms with Crippen molar-refractivity contribution in [2.24, 2.45) is 5.92 Å². The molecule has 1 saturated heterocycles. The number of hydrogen-bond acceptors (Lipinski definition) is 3. The van der Waals surface area contributed by atoms with E-state index in [9.17, 15) is 0 Å². The molecule has 0 saturated carbocycles. The minimum Gasteiger partial charge on any atom is -0.384 e. The van der Waals surface area contributed by atoms with Crippen LogP contribution in [0, 0.1) is 5.92 Å². The lowest BCUT2D eigenvalue weighted by atomic mass is 9.95. The van der Waals surface area contributed by atoms with Crippen molar-refractivity contribution in [2.75, 3.05) is 18.8 Å². The minimum absolute atomic E-state index is 0.605. The Hall–Kier alpha value is -1.09. The lowest BCUT2D eigenvalue weighted by Crippen LogP contribution is -2.34. The summed E-state index contributed by atoms with van der Waals surface area (Å²) >= 11 is 0. The highest BCUT2D eigenvalue weighted by molar-refractivity contribution is 5.29. The van der Waals surface area contributed by atoms with E-state index in [1.54, 1.807) is 0 Å². The maximum Gasteiger partial charge on any atom is 0.123 e. The molecule has 0 aromatic carbocycles. The van der Waals surface area contributed by atoms with Crippen LogP contribution < -0.4 is 5.73 Å². The van der Waals surface area contributed by atoms with Crippen molar-refractivity contribution in [3.63, 3.8) is 0 Å². The van der Waals surface area contributed by atoms with Crippen LogP contribution in [-0.2, 0) is 6.54 Å². The average molecular weight is 219 g/mol. The number of anilines is 1. The molecule has 1 atom stereocenters. The summed E-state index contributed by atoms with van der Waals surface area (Å²) < 4.78 is 0. The summed E-state index contributed by atoms with van der Waals surface area (Å²) in [6.45, 7) is 5.77. The molecule has 2 rings (SSSR count). The molecule has 0 radical (unpaired) electrons. The van der Waals surface area contributed by atoms with Crippen molar-refractivity contribution in [1.29, 1.82) is 0 Å². The fraction of sp³-hybridized carbons (Fsp3) is 0.615. The van der Waals surface area contributed by atoms with E-state index in [4.69, 9.17) is 5.73 Å². The van der Waals surface area contributed by atoms with E-state index >= 15 is 0 Å². The first-order chi connectivity index (χ1) is 7.78. The summed E-state index contributed by atoms with van der Waals surface area (Å²) in [7, 11) is 0. The molecule has 1 unspecified atom stereocenters. The van der Waals surface area contributed by atoms with Crippen molar-refractivity contribution in [1.82, 2.24) is 9.88 Å². The van der Waals surface area contributed by atoms with Gasteiger partial charge in [0.25, 0.3) is 0 Å². The predicted octanol–water partition coefficient (Wildman–Crippen LogP) is 2.29. The molecule has 0 spiro atoms. The summed E-state index contributed by atoms with van der Waals surface area (Å²) in [5, 5.41) is 0. The minimum atomic E-state index is 0.605. The molecule has 0 amide bonds. The van der Waals surface area contributed by atoms with E-state index in [0.29, 0.717) is 5.82 Å². The zero-order valence-corrected chi connectivity index (χ0v) is 10.0. The second-order valence-corrected chi connectivity index (χ2v) is 4.74. The molecule has 1 aliphatic heterocycles. The van der Waals surface area contributed by atoms with Crippen LogP contribution in [0.4, 0.5) is 5.82 Å². The Bertz CT molecular complexity index is 320. The number of hydrogen-bond donors (Lipinski definition) is 1. The van der Waals surface area contributed by atoms with E-state index < -0.39 is 0 Å². The second kappa shape index (κ2) is 5.30. The Kier molecular flexibility index (Phi) is 3.78. The largest absolute Gasteiger partial charge is 0.384 e. The lowest BCUT2D eigenvalue weighted by molar-refractivity contribution is 0.164. The molecule has 1 aliphatic rings. The van der Waals surface area contributed by atoms with Crippen LogP contribution >= 0.6 is 0 Å². The molecule has 3 heteroatoms. The normalized spacial score (nSPS) is 22.2. The van der Waals surface area contributed by atoms with Crippen molar-refractivity contribution in [3.05, 3.63) is 23.9 Å². The monoisotopic (exact) mass is 219 g/mol. The van der Waals surface area contributed by atoms with Gasteiger partial charge in [0, 0.05) is 19.3 Å². The van der Waals surface area contributed by atoms with Crippen molar-refractivity contribution in [3.8, 4) is 0 Å². The zero-order chi connectivity index (χ0) is 11.4. The topological polar surface area (TPSA) is 42.1 Å². The third-order valence-corrected chi connectivity index (χ3v) is 3.43. The molecule has 1 fully saturated rings. The lowest BCUT2D eigenvalue weighted by Gasteiger charge is -2.32. The molecule has 0 bridgehead atoms. The zero-order valence-electron chi connectivity index (χ0n) is 10.0. The summed E-state index contributed by atoms with van der Waals surface area (Å²) in [5.74, 6) is 1.49. The number of piperidine rings is 1. The standard InChI is InChI=1S/C13H21N3/c1-2-11-4-3-7-16(9-11)10-12-5-6-13(14)15-8-12/h5-6,8,11H,2-4,7,9-10H2,1H3,(H2,14,15). The van der Waals surface area contributed by atoms with Crippen LogP contribution in [0.1, 0.15) is 31.7 Å². The Balaban J connectivity index is 1.91. The number of likely N-dealkylation sites (tertiary alicyclic amines) is 1. The molecular weight excluding hydrogens is 198 g/mol. The van der Waals surface area contributed by atoms with Gasteiger partial charge >= 0.3 is 0 Å². The third kappa shape index (κ3) is 2.95. The van der Waals surface area contributed by atoms with Crippen molar-refractivity contribution in [2.45, 2.75) is 32.7 Å². The number of nitrogens with two attached hydrogens (primary N) is 1. The van der Waals surface area contributed by atoms with Crippen LogP contribution in [0.5, 0.6) is 0 Å². The summed E-state index contributed by atoms with van der Waals surface area (Å²) in [4.78, 5) is 6.67. The number of pyridine rings is 1. The van der Waals surface area contributed by atoms with Crippen LogP contribution in [0.2, 0.25) is 0 Å². The second-order valence-electron chi connectivity index (χ2n) is 4.74. The third-order valence-electron chi connectivity index (χ3n) is 3.43. The highest BCUT2D eigenvalue weighted by atomic mass is 15.1. The number of nitrogens with zero attached hydrogens (tertiary/aromatic N) is 2. The molecular formula is C13H21N3. The molecule has 1 aromatic rings. The Morgan fingerprint density at radius 1 is 1.50 bits per heavy atom. The van der Waals surface area contributed by atoms with Gasteiger partial charge in [-0.2, -0.15) is 0 Å². The van der Waals surface area contributed by atoms with Gasteiger partial charge in [-0.15, -0.1) is 0 Å². The maximum absolute atomic E-state index is 5.58. The molecule has 3 nitrogen and oxygen atoms in total. The van der Waals surface area contributed by atoms with Gasteiger partial charge in [-0.3, -0.25) is 4.90 Å². The Labute approximate surface area is 97.7 Å². The van der Waals surface area contributed by atoms with E-state index in [1.165, 1.54) is 37.9 Å². The van der Waals surface area contributed by atoms with Crippen molar-refractivity contribution < 1.29 is 0 Å². The van der Waals surface area contributed by atoms with E-state index in [1.807, 2.05) is 12.3 Å². The first-order valence-electron chi connectivity index (χ1n) is 6.20. The summed E-state index contributed by atoms with van der Waals surface area (Å²) in [6, 6.07) is 3.97. The molecule has 1 aromatic heterocycles. The summed E-state index contributed by atoms with van der Waals surface area (Å²) in [6.07, 6.45) is 5.93. The van der Waals surface area contributed by atoms with Crippen LogP contribution in [-0.4, -0.2) is 23.0 Å². The highest BCUT2D eigenvalue weighted by Gasteiger charge is 2.18. The van der Waals surface area contributed by atoms with Gasteiger partial charge in [-0.25, -0.2) is 4.98 Å². The van der Waals surface area contributed by atoms with Gasteiger partial charge in [0.15, 0.2) is 0 Å². The Morgan fingerprint density at radius 3 is 3.06 bits per heavy atom. The van der Waals surface area contributed by atoms with Gasteiger partial charge < -0.3 is 5.73 Å². The van der Waals surface area contributed by atoms with Crippen LogP contribution in [0.3, 0.4) is 0 Å². The maximum atomic E-state index is 5.58. The van der Waals surface area contributed by atoms with Gasteiger partial charge in [-0.1, -0.05) is 19.4 Å². The first kappa shape index (κ1) is 11.4. The van der Waals surface area contributed by atoms with E-state index in [0.717, 1.165) is 12.5 Å². The molecule has 2 heterocycles. The number of rotatable bonds is 3. The average Bonchev–Trinajstić information content (AvgIpc) is 2.32. The predicted molar refractivity (Wildman–Crippen MR) is 66.9 cm³/mol. The summed E-state index contributed by atoms with van der Waals surface area (Å²) in [5.41, 5.74) is 6.85.